The van der Waals surface area contributed by atoms with Crippen molar-refractivity contribution in [3.05, 3.63) is 65.2 Å². The molecule has 1 aliphatic heterocycles. The average molecular weight is 338 g/mol. The Bertz CT molecular complexity index is 721. The van der Waals surface area contributed by atoms with Crippen LogP contribution in [0.1, 0.15) is 29.5 Å². The Balaban J connectivity index is 1.45. The van der Waals surface area contributed by atoms with Gasteiger partial charge in [0.15, 0.2) is 0 Å². The van der Waals surface area contributed by atoms with Gasteiger partial charge < -0.3 is 10.4 Å². The zero-order valence-electron chi connectivity index (χ0n) is 14.7. The molecule has 132 valence electrons. The quantitative estimate of drug-likeness (QED) is 0.881. The number of carbonyl (C=O) groups excluding carboxylic acids is 1. The van der Waals surface area contributed by atoms with E-state index in [1.165, 1.54) is 11.1 Å². The Morgan fingerprint density at radius 3 is 2.40 bits per heavy atom. The number of nitrogens with one attached hydrogen (secondary N) is 1. The van der Waals surface area contributed by atoms with Gasteiger partial charge in [-0.2, -0.15) is 0 Å². The van der Waals surface area contributed by atoms with Crippen molar-refractivity contribution in [2.75, 3.05) is 13.1 Å². The maximum Gasteiger partial charge on any atom is 0.224 e. The largest absolute Gasteiger partial charge is 0.508 e. The first-order chi connectivity index (χ1) is 12.1. The van der Waals surface area contributed by atoms with E-state index >= 15 is 0 Å². The van der Waals surface area contributed by atoms with Crippen LogP contribution in [0.15, 0.2) is 48.5 Å². The van der Waals surface area contributed by atoms with Crippen LogP contribution in [-0.4, -0.2) is 35.0 Å². The molecule has 0 aliphatic carbocycles. The van der Waals surface area contributed by atoms with Crippen LogP contribution in [0.25, 0.3) is 0 Å². The monoisotopic (exact) mass is 338 g/mol. The molecule has 1 aliphatic rings. The third-order valence-corrected chi connectivity index (χ3v) is 4.95. The summed E-state index contributed by atoms with van der Waals surface area (Å²) < 4.78 is 0. The second kappa shape index (κ2) is 8.17. The third kappa shape index (κ3) is 4.83. The molecule has 4 nitrogen and oxygen atoms in total. The number of hydrogen-bond donors (Lipinski definition) is 2. The second-order valence-corrected chi connectivity index (χ2v) is 6.85. The van der Waals surface area contributed by atoms with E-state index < -0.39 is 0 Å². The van der Waals surface area contributed by atoms with Gasteiger partial charge in [-0.15, -0.1) is 0 Å². The van der Waals surface area contributed by atoms with Crippen LogP contribution < -0.4 is 5.32 Å². The summed E-state index contributed by atoms with van der Waals surface area (Å²) in [5, 5.41) is 12.9. The highest BCUT2D eigenvalue weighted by Gasteiger charge is 2.21. The fraction of sp³-hybridized carbons (Fsp3) is 0.381. The van der Waals surface area contributed by atoms with Crippen LogP contribution in [0, 0.1) is 6.92 Å². The molecular formula is C21H26N2O2. The SMILES string of the molecule is Cc1ccccc1CN1CCC(NC(=O)Cc2ccccc2O)CC1. The summed E-state index contributed by atoms with van der Waals surface area (Å²) in [6.07, 6.45) is 2.17. The van der Waals surface area contributed by atoms with Crippen molar-refractivity contribution >= 4 is 5.91 Å². The number of aromatic hydroxyl groups is 1. The molecule has 25 heavy (non-hydrogen) atoms. The Kier molecular flexibility index (Phi) is 5.71. The van der Waals surface area contributed by atoms with Crippen molar-refractivity contribution in [3.63, 3.8) is 0 Å². The minimum absolute atomic E-state index is 0.0150. The van der Waals surface area contributed by atoms with Gasteiger partial charge in [0.05, 0.1) is 6.42 Å². The molecule has 0 bridgehead atoms. The minimum Gasteiger partial charge on any atom is -0.508 e. The van der Waals surface area contributed by atoms with E-state index in [0.717, 1.165) is 32.5 Å². The molecule has 2 aromatic rings. The number of amides is 1. The van der Waals surface area contributed by atoms with Crippen LogP contribution in [0.5, 0.6) is 5.75 Å². The number of aryl methyl sites for hydroxylation is 1. The van der Waals surface area contributed by atoms with Gasteiger partial charge in [-0.05, 0) is 37.0 Å². The predicted octanol–water partition coefficient (Wildman–Crippen LogP) is 3.02. The standard InChI is InChI=1S/C21H26N2O2/c1-16-6-2-3-8-18(16)15-23-12-10-19(11-13-23)22-21(25)14-17-7-4-5-9-20(17)24/h2-9,19,24H,10-15H2,1H3,(H,22,25). The van der Waals surface area contributed by atoms with E-state index in [2.05, 4.69) is 41.4 Å². The second-order valence-electron chi connectivity index (χ2n) is 6.85. The van der Waals surface area contributed by atoms with Crippen molar-refractivity contribution < 1.29 is 9.90 Å². The van der Waals surface area contributed by atoms with Gasteiger partial charge >= 0.3 is 0 Å². The number of phenolic OH excluding ortho intramolecular Hbond substituents is 1. The van der Waals surface area contributed by atoms with E-state index in [1.807, 2.05) is 6.07 Å². The molecule has 1 fully saturated rings. The number of piperidine rings is 1. The van der Waals surface area contributed by atoms with Crippen molar-refractivity contribution in [2.45, 2.75) is 38.8 Å². The molecule has 0 spiro atoms. The third-order valence-electron chi connectivity index (χ3n) is 4.95. The van der Waals surface area contributed by atoms with Crippen molar-refractivity contribution in [2.24, 2.45) is 0 Å². The number of para-hydroxylation sites is 1. The topological polar surface area (TPSA) is 52.6 Å². The molecule has 2 N–H and O–H groups in total. The molecule has 0 saturated carbocycles. The maximum absolute atomic E-state index is 12.2. The van der Waals surface area contributed by atoms with E-state index in [0.29, 0.717) is 5.56 Å². The highest BCUT2D eigenvalue weighted by Crippen LogP contribution is 2.18. The van der Waals surface area contributed by atoms with E-state index in [-0.39, 0.29) is 24.1 Å². The number of rotatable bonds is 5. The van der Waals surface area contributed by atoms with Crippen molar-refractivity contribution in [1.29, 1.82) is 0 Å². The van der Waals surface area contributed by atoms with E-state index in [1.54, 1.807) is 18.2 Å². The summed E-state index contributed by atoms with van der Waals surface area (Å²) >= 11 is 0. The number of hydrogen-bond acceptors (Lipinski definition) is 3. The average Bonchev–Trinajstić information content (AvgIpc) is 2.61. The molecule has 0 aromatic heterocycles. The Morgan fingerprint density at radius 1 is 1.08 bits per heavy atom. The van der Waals surface area contributed by atoms with E-state index in [4.69, 9.17) is 0 Å². The number of phenols is 1. The van der Waals surface area contributed by atoms with Gasteiger partial charge in [0.1, 0.15) is 5.75 Å². The summed E-state index contributed by atoms with van der Waals surface area (Å²) in [5.74, 6) is 0.171. The van der Waals surface area contributed by atoms with Gasteiger partial charge in [0, 0.05) is 31.2 Å². The summed E-state index contributed by atoms with van der Waals surface area (Å²) in [4.78, 5) is 14.7. The molecule has 0 unspecified atom stereocenters. The lowest BCUT2D eigenvalue weighted by molar-refractivity contribution is -0.121. The maximum atomic E-state index is 12.2. The van der Waals surface area contributed by atoms with Crippen molar-refractivity contribution in [3.8, 4) is 5.75 Å². The van der Waals surface area contributed by atoms with Crippen LogP contribution in [0.4, 0.5) is 0 Å². The molecule has 1 heterocycles. The van der Waals surface area contributed by atoms with Gasteiger partial charge in [0.2, 0.25) is 5.91 Å². The Labute approximate surface area is 149 Å². The normalized spacial score (nSPS) is 15.9. The molecule has 1 saturated heterocycles. The van der Waals surface area contributed by atoms with Gasteiger partial charge in [0.25, 0.3) is 0 Å². The number of nitrogens with zero attached hydrogens (tertiary/aromatic N) is 1. The van der Waals surface area contributed by atoms with Crippen LogP contribution in [-0.2, 0) is 17.8 Å². The molecule has 0 radical (unpaired) electrons. The Hall–Kier alpha value is -2.33. The van der Waals surface area contributed by atoms with Crippen LogP contribution >= 0.6 is 0 Å². The molecule has 1 amide bonds. The van der Waals surface area contributed by atoms with Gasteiger partial charge in [-0.25, -0.2) is 0 Å². The summed E-state index contributed by atoms with van der Waals surface area (Å²) in [6.45, 7) is 5.12. The van der Waals surface area contributed by atoms with E-state index in [9.17, 15) is 9.90 Å². The lowest BCUT2D eigenvalue weighted by Gasteiger charge is -2.32. The van der Waals surface area contributed by atoms with Crippen LogP contribution in [0.3, 0.4) is 0 Å². The highest BCUT2D eigenvalue weighted by molar-refractivity contribution is 5.79. The minimum atomic E-state index is -0.0150. The molecule has 0 atom stereocenters. The lowest BCUT2D eigenvalue weighted by atomic mass is 10.0. The first kappa shape index (κ1) is 17.5. The number of likely N-dealkylation sites (tertiary alicyclic amines) is 1. The molecule has 2 aromatic carbocycles. The zero-order valence-corrected chi connectivity index (χ0v) is 14.7. The molecule has 3 rings (SSSR count). The zero-order chi connectivity index (χ0) is 17.6. The summed E-state index contributed by atoms with van der Waals surface area (Å²) in [6, 6.07) is 15.8. The lowest BCUT2D eigenvalue weighted by Crippen LogP contribution is -2.44. The molecular weight excluding hydrogens is 312 g/mol. The first-order valence-corrected chi connectivity index (χ1v) is 8.95. The smallest absolute Gasteiger partial charge is 0.224 e. The number of benzene rings is 2. The fourth-order valence-corrected chi connectivity index (χ4v) is 3.38. The van der Waals surface area contributed by atoms with Gasteiger partial charge in [-0.1, -0.05) is 42.5 Å². The first-order valence-electron chi connectivity index (χ1n) is 8.95. The van der Waals surface area contributed by atoms with Crippen LogP contribution in [0.2, 0.25) is 0 Å². The highest BCUT2D eigenvalue weighted by atomic mass is 16.3. The fourth-order valence-electron chi connectivity index (χ4n) is 3.38. The Morgan fingerprint density at radius 2 is 1.72 bits per heavy atom. The summed E-state index contributed by atoms with van der Waals surface area (Å²) in [7, 11) is 0. The molecule has 4 heteroatoms. The van der Waals surface area contributed by atoms with Gasteiger partial charge in [-0.3, -0.25) is 9.69 Å². The van der Waals surface area contributed by atoms with Crippen molar-refractivity contribution in [1.82, 2.24) is 10.2 Å². The predicted molar refractivity (Wildman–Crippen MR) is 99.4 cm³/mol. The number of carbonyl (C=O) groups is 1. The summed E-state index contributed by atoms with van der Waals surface area (Å²) in [5.41, 5.74) is 3.39.